The second-order valence-corrected chi connectivity index (χ2v) is 12.1. The van der Waals surface area contributed by atoms with E-state index in [-0.39, 0.29) is 5.41 Å². The van der Waals surface area contributed by atoms with Crippen LogP contribution >= 0.6 is 0 Å². The summed E-state index contributed by atoms with van der Waals surface area (Å²) < 4.78 is 0. The van der Waals surface area contributed by atoms with Gasteiger partial charge in [-0.15, -0.1) is 0 Å². The smallest absolute Gasteiger partial charge is 0.0982 e. The Morgan fingerprint density at radius 1 is 0.455 bits per heavy atom. The van der Waals surface area contributed by atoms with E-state index >= 15 is 0 Å². The minimum Gasteiger partial charge on any atom is -0.256 e. The molecule has 2 heterocycles. The van der Waals surface area contributed by atoms with Crippen molar-refractivity contribution in [3.05, 3.63) is 151 Å². The number of fused-ring (bicyclic) bond motifs is 1. The molecule has 44 heavy (non-hydrogen) atoms. The van der Waals surface area contributed by atoms with Crippen molar-refractivity contribution in [1.82, 2.24) is 15.0 Å². The molecule has 7 rings (SSSR count). The number of benzene rings is 5. The first-order valence-corrected chi connectivity index (χ1v) is 15.0. The summed E-state index contributed by atoms with van der Waals surface area (Å²) in [6, 6.07) is 48.4. The first-order chi connectivity index (χ1) is 21.5. The first kappa shape index (κ1) is 27.4. The molecular formula is C41H33N3. The minimum atomic E-state index is -0.132. The highest BCUT2D eigenvalue weighted by atomic mass is 14.8. The van der Waals surface area contributed by atoms with E-state index in [0.717, 1.165) is 67.1 Å². The number of hydrogen-bond acceptors (Lipinski definition) is 3. The van der Waals surface area contributed by atoms with Crippen molar-refractivity contribution in [2.75, 3.05) is 0 Å². The fourth-order valence-electron chi connectivity index (χ4n) is 5.87. The van der Waals surface area contributed by atoms with Gasteiger partial charge < -0.3 is 0 Å². The molecule has 0 atom stereocenters. The molecule has 0 N–H and O–H groups in total. The van der Waals surface area contributed by atoms with Crippen LogP contribution in [-0.4, -0.2) is 15.0 Å². The Hall–Kier alpha value is -5.41. The molecule has 0 spiro atoms. The minimum absolute atomic E-state index is 0.132. The number of rotatable bonds is 5. The monoisotopic (exact) mass is 567 g/mol. The van der Waals surface area contributed by atoms with Gasteiger partial charge in [0, 0.05) is 34.0 Å². The lowest BCUT2D eigenvalue weighted by atomic mass is 9.79. The molecule has 2 aromatic heterocycles. The van der Waals surface area contributed by atoms with E-state index in [1.807, 2.05) is 30.5 Å². The molecule has 212 valence electrons. The summed E-state index contributed by atoms with van der Waals surface area (Å²) >= 11 is 0. The molecule has 7 aromatic rings. The summed E-state index contributed by atoms with van der Waals surface area (Å²) in [6.45, 7) is 6.83. The number of pyridine rings is 1. The van der Waals surface area contributed by atoms with Crippen LogP contribution in [0.5, 0.6) is 0 Å². The van der Waals surface area contributed by atoms with E-state index in [9.17, 15) is 0 Å². The molecule has 0 unspecified atom stereocenters. The van der Waals surface area contributed by atoms with Gasteiger partial charge in [0.15, 0.2) is 0 Å². The molecule has 3 nitrogen and oxygen atoms in total. The van der Waals surface area contributed by atoms with Crippen LogP contribution in [0.25, 0.3) is 67.1 Å². The summed E-state index contributed by atoms with van der Waals surface area (Å²) in [5, 5.41) is 0. The maximum Gasteiger partial charge on any atom is 0.0982 e. The van der Waals surface area contributed by atoms with Crippen LogP contribution in [0.2, 0.25) is 0 Å². The maximum absolute atomic E-state index is 5.58. The van der Waals surface area contributed by atoms with Crippen LogP contribution in [0, 0.1) is 0 Å². The quantitative estimate of drug-likeness (QED) is 0.208. The second-order valence-electron chi connectivity index (χ2n) is 12.1. The number of hydrogen-bond donors (Lipinski definition) is 0. The van der Waals surface area contributed by atoms with Gasteiger partial charge in [0.25, 0.3) is 0 Å². The number of nitrogens with zero attached hydrogens (tertiary/aromatic N) is 3. The fraction of sp³-hybridized carbons (Fsp3) is 0.0976. The Balaban J connectivity index is 1.58. The van der Waals surface area contributed by atoms with E-state index in [0.29, 0.717) is 0 Å². The summed E-state index contributed by atoms with van der Waals surface area (Å²) in [5.41, 5.74) is 13.2. The molecule has 3 heteroatoms. The van der Waals surface area contributed by atoms with Crippen molar-refractivity contribution < 1.29 is 0 Å². The molecule has 0 radical (unpaired) electrons. The van der Waals surface area contributed by atoms with Crippen molar-refractivity contribution >= 4 is 11.0 Å². The Labute approximate surface area is 259 Å². The van der Waals surface area contributed by atoms with Crippen LogP contribution in [0.15, 0.2) is 146 Å². The van der Waals surface area contributed by atoms with Crippen molar-refractivity contribution in [3.8, 4) is 56.0 Å². The second kappa shape index (κ2) is 11.3. The van der Waals surface area contributed by atoms with Gasteiger partial charge in [-0.3, -0.25) is 4.98 Å². The third kappa shape index (κ3) is 5.18. The van der Waals surface area contributed by atoms with Gasteiger partial charge in [0.05, 0.1) is 28.1 Å². The molecule has 0 bridgehead atoms. The third-order valence-electron chi connectivity index (χ3n) is 8.07. The Morgan fingerprint density at radius 2 is 0.955 bits per heavy atom. The highest BCUT2D eigenvalue weighted by molar-refractivity contribution is 6.04. The van der Waals surface area contributed by atoms with E-state index in [1.54, 1.807) is 0 Å². The normalized spacial score (nSPS) is 11.5. The summed E-state index contributed by atoms with van der Waals surface area (Å²) in [4.78, 5) is 15.6. The van der Waals surface area contributed by atoms with Crippen LogP contribution in [0.1, 0.15) is 26.3 Å². The zero-order valence-electron chi connectivity index (χ0n) is 25.2. The van der Waals surface area contributed by atoms with Crippen molar-refractivity contribution in [2.24, 2.45) is 0 Å². The predicted molar refractivity (Wildman–Crippen MR) is 183 cm³/mol. The average Bonchev–Trinajstić information content (AvgIpc) is 3.08. The molecule has 0 aliphatic carbocycles. The molecule has 0 aliphatic heterocycles. The topological polar surface area (TPSA) is 38.7 Å². The third-order valence-corrected chi connectivity index (χ3v) is 8.07. The lowest BCUT2D eigenvalue weighted by Gasteiger charge is -2.26. The summed E-state index contributed by atoms with van der Waals surface area (Å²) in [7, 11) is 0. The van der Waals surface area contributed by atoms with Gasteiger partial charge in [-0.1, -0.05) is 142 Å². The lowest BCUT2D eigenvalue weighted by Crippen LogP contribution is -2.14. The number of aromatic nitrogens is 3. The Morgan fingerprint density at radius 3 is 1.52 bits per heavy atom. The molecular weight excluding hydrogens is 534 g/mol. The van der Waals surface area contributed by atoms with Crippen molar-refractivity contribution in [2.45, 2.75) is 26.2 Å². The highest BCUT2D eigenvalue weighted by Crippen LogP contribution is 2.44. The van der Waals surface area contributed by atoms with Gasteiger partial charge in [-0.2, -0.15) is 0 Å². The fourth-order valence-corrected chi connectivity index (χ4v) is 5.87. The van der Waals surface area contributed by atoms with Crippen LogP contribution in [0.3, 0.4) is 0 Å². The van der Waals surface area contributed by atoms with Gasteiger partial charge in [-0.05, 0) is 40.3 Å². The molecule has 0 fully saturated rings. The summed E-state index contributed by atoms with van der Waals surface area (Å²) in [5.74, 6) is 0. The molecule has 0 saturated heterocycles. The SMILES string of the molecule is CC(C)(C)c1cc(-c2ccccc2)c2nc(-c3ccccc3)c(-c3ccc(-c4ccccn4)cc3)nc2c1-c1ccccc1. The maximum atomic E-state index is 5.58. The van der Waals surface area contributed by atoms with Gasteiger partial charge >= 0.3 is 0 Å². The standard InChI is InChI=1S/C41H33N3/c1-41(2,3)34-27-33(28-15-7-4-8-16-28)39-40(36(34)30-17-9-5-10-18-30)44-38(37(43-39)31-19-11-6-12-20-31)32-24-22-29(23-25-32)35-21-13-14-26-42-35/h4-27H,1-3H3. The molecule has 0 saturated carbocycles. The van der Waals surface area contributed by atoms with Crippen molar-refractivity contribution in [3.63, 3.8) is 0 Å². The van der Waals surface area contributed by atoms with Crippen LogP contribution < -0.4 is 0 Å². The van der Waals surface area contributed by atoms with Gasteiger partial charge in [-0.25, -0.2) is 9.97 Å². The highest BCUT2D eigenvalue weighted by Gasteiger charge is 2.26. The van der Waals surface area contributed by atoms with Crippen LogP contribution in [0.4, 0.5) is 0 Å². The first-order valence-electron chi connectivity index (χ1n) is 15.0. The molecule has 0 amide bonds. The largest absolute Gasteiger partial charge is 0.256 e. The van der Waals surface area contributed by atoms with E-state index < -0.39 is 0 Å². The van der Waals surface area contributed by atoms with E-state index in [4.69, 9.17) is 9.97 Å². The van der Waals surface area contributed by atoms with E-state index in [1.165, 1.54) is 5.56 Å². The zero-order chi connectivity index (χ0) is 30.1. The Bertz CT molecular complexity index is 2050. The van der Waals surface area contributed by atoms with Crippen molar-refractivity contribution in [1.29, 1.82) is 0 Å². The van der Waals surface area contributed by atoms with E-state index in [2.05, 4.69) is 141 Å². The predicted octanol–water partition coefficient (Wildman–Crippen LogP) is 10.7. The lowest BCUT2D eigenvalue weighted by molar-refractivity contribution is 0.593. The zero-order valence-corrected chi connectivity index (χ0v) is 25.2. The average molecular weight is 568 g/mol. The van der Waals surface area contributed by atoms with Gasteiger partial charge in [0.2, 0.25) is 0 Å². The van der Waals surface area contributed by atoms with Gasteiger partial charge in [0.1, 0.15) is 0 Å². The summed E-state index contributed by atoms with van der Waals surface area (Å²) in [6.07, 6.45) is 1.83. The Kier molecular flexibility index (Phi) is 7.07. The van der Waals surface area contributed by atoms with Crippen LogP contribution in [-0.2, 0) is 5.41 Å². The molecule has 0 aliphatic rings. The molecule has 5 aromatic carbocycles.